The van der Waals surface area contributed by atoms with Crippen LogP contribution in [0.5, 0.6) is 5.75 Å². The number of para-hydroxylation sites is 1. The van der Waals surface area contributed by atoms with Crippen molar-refractivity contribution in [3.05, 3.63) is 30.3 Å². The lowest BCUT2D eigenvalue weighted by Crippen LogP contribution is -2.40. The Morgan fingerprint density at radius 3 is 2.41 bits per heavy atom. The van der Waals surface area contributed by atoms with E-state index in [0.29, 0.717) is 32.1 Å². The Balaban J connectivity index is 0.00000441. The first-order valence-corrected chi connectivity index (χ1v) is 6.96. The Labute approximate surface area is 149 Å². The molecule has 22 heavy (non-hydrogen) atoms. The van der Waals surface area contributed by atoms with Gasteiger partial charge in [0.25, 0.3) is 0 Å². The summed E-state index contributed by atoms with van der Waals surface area (Å²) in [5.74, 6) is 1.60. The summed E-state index contributed by atoms with van der Waals surface area (Å²) < 4.78 is 5.57. The highest BCUT2D eigenvalue weighted by atomic mass is 127. The van der Waals surface area contributed by atoms with Crippen LogP contribution in [0, 0.1) is 0 Å². The van der Waals surface area contributed by atoms with Crippen molar-refractivity contribution < 1.29 is 9.53 Å². The quantitative estimate of drug-likeness (QED) is 0.302. The van der Waals surface area contributed by atoms with Crippen molar-refractivity contribution in [2.24, 2.45) is 4.99 Å². The van der Waals surface area contributed by atoms with Crippen LogP contribution in [0.2, 0.25) is 0 Å². The van der Waals surface area contributed by atoms with Crippen LogP contribution < -0.4 is 15.4 Å². The van der Waals surface area contributed by atoms with Gasteiger partial charge in [0.1, 0.15) is 12.4 Å². The zero-order chi connectivity index (χ0) is 15.5. The lowest BCUT2D eigenvalue weighted by atomic mass is 10.3. The number of aliphatic imine (C=N–C) groups is 1. The number of nitrogens with one attached hydrogen (secondary N) is 2. The van der Waals surface area contributed by atoms with E-state index >= 15 is 0 Å². The van der Waals surface area contributed by atoms with Gasteiger partial charge in [0.05, 0.1) is 6.54 Å². The van der Waals surface area contributed by atoms with Gasteiger partial charge < -0.3 is 20.3 Å². The third-order valence-electron chi connectivity index (χ3n) is 2.76. The Morgan fingerprint density at radius 1 is 1.18 bits per heavy atom. The van der Waals surface area contributed by atoms with Crippen molar-refractivity contribution in [2.45, 2.75) is 6.42 Å². The van der Waals surface area contributed by atoms with Crippen LogP contribution in [0.25, 0.3) is 0 Å². The minimum Gasteiger partial charge on any atom is -0.492 e. The van der Waals surface area contributed by atoms with Crippen molar-refractivity contribution in [1.29, 1.82) is 0 Å². The van der Waals surface area contributed by atoms with Gasteiger partial charge in [0.15, 0.2) is 5.96 Å². The second kappa shape index (κ2) is 12.1. The van der Waals surface area contributed by atoms with Gasteiger partial charge in [-0.05, 0) is 12.1 Å². The van der Waals surface area contributed by atoms with E-state index in [1.165, 1.54) is 0 Å². The van der Waals surface area contributed by atoms with E-state index < -0.39 is 0 Å². The molecule has 0 unspecified atom stereocenters. The van der Waals surface area contributed by atoms with Crippen LogP contribution in [0.1, 0.15) is 6.42 Å². The first kappa shape index (κ1) is 20.5. The molecule has 0 fully saturated rings. The van der Waals surface area contributed by atoms with Crippen LogP contribution in [0.4, 0.5) is 0 Å². The summed E-state index contributed by atoms with van der Waals surface area (Å²) in [5, 5.41) is 6.22. The number of nitrogens with zero attached hydrogens (tertiary/aromatic N) is 2. The van der Waals surface area contributed by atoms with E-state index in [1.807, 2.05) is 30.3 Å². The predicted molar refractivity (Wildman–Crippen MR) is 100 cm³/mol. The Morgan fingerprint density at radius 2 is 1.82 bits per heavy atom. The van der Waals surface area contributed by atoms with Gasteiger partial charge in [0, 0.05) is 34.1 Å². The minimum absolute atomic E-state index is 0. The maximum atomic E-state index is 11.4. The summed E-state index contributed by atoms with van der Waals surface area (Å²) in [7, 11) is 5.19. The predicted octanol–water partition coefficient (Wildman–Crippen LogP) is 1.33. The maximum absolute atomic E-state index is 11.4. The van der Waals surface area contributed by atoms with Crippen LogP contribution in [0.15, 0.2) is 35.3 Å². The van der Waals surface area contributed by atoms with Crippen LogP contribution in [-0.2, 0) is 4.79 Å². The molecule has 0 saturated carbocycles. The summed E-state index contributed by atoms with van der Waals surface area (Å²) in [4.78, 5) is 17.1. The summed E-state index contributed by atoms with van der Waals surface area (Å²) >= 11 is 0. The van der Waals surface area contributed by atoms with E-state index in [-0.39, 0.29) is 29.9 Å². The minimum atomic E-state index is 0. The van der Waals surface area contributed by atoms with E-state index in [1.54, 1.807) is 26.0 Å². The molecule has 7 heteroatoms. The topological polar surface area (TPSA) is 66.0 Å². The molecule has 1 rings (SSSR count). The smallest absolute Gasteiger partial charge is 0.223 e. The number of rotatable bonds is 7. The lowest BCUT2D eigenvalue weighted by molar-refractivity contribution is -0.128. The molecule has 124 valence electrons. The number of carbonyl (C=O) groups is 1. The van der Waals surface area contributed by atoms with E-state index in [9.17, 15) is 4.79 Å². The number of benzene rings is 1. The van der Waals surface area contributed by atoms with Gasteiger partial charge in [0.2, 0.25) is 5.91 Å². The van der Waals surface area contributed by atoms with E-state index in [0.717, 1.165) is 5.75 Å². The Hall–Kier alpha value is -1.51. The molecule has 1 amide bonds. The highest BCUT2D eigenvalue weighted by molar-refractivity contribution is 14.0. The fraction of sp³-hybridized carbons (Fsp3) is 0.467. The molecule has 0 saturated heterocycles. The van der Waals surface area contributed by atoms with Gasteiger partial charge in [-0.25, -0.2) is 0 Å². The SMILES string of the molecule is CN=C(NCCOc1ccccc1)NCCC(=O)N(C)C.I. The number of ether oxygens (including phenoxy) is 1. The van der Waals surface area contributed by atoms with Crippen molar-refractivity contribution >= 4 is 35.8 Å². The molecular formula is C15H25IN4O2. The van der Waals surface area contributed by atoms with Crippen LogP contribution in [-0.4, -0.2) is 57.6 Å². The molecule has 0 aliphatic carbocycles. The number of carbonyl (C=O) groups excluding carboxylic acids is 1. The lowest BCUT2D eigenvalue weighted by Gasteiger charge is -2.14. The average molecular weight is 420 g/mol. The summed E-state index contributed by atoms with van der Waals surface area (Å²) in [5.41, 5.74) is 0. The molecule has 1 aromatic carbocycles. The van der Waals surface area contributed by atoms with Gasteiger partial charge in [-0.3, -0.25) is 9.79 Å². The number of hydrogen-bond acceptors (Lipinski definition) is 3. The monoisotopic (exact) mass is 420 g/mol. The second-order valence-corrected chi connectivity index (χ2v) is 4.63. The Bertz CT molecular complexity index is 452. The van der Waals surface area contributed by atoms with E-state index in [4.69, 9.17) is 4.74 Å². The maximum Gasteiger partial charge on any atom is 0.223 e. The molecule has 6 nitrogen and oxygen atoms in total. The van der Waals surface area contributed by atoms with Crippen molar-refractivity contribution in [2.75, 3.05) is 40.8 Å². The van der Waals surface area contributed by atoms with E-state index in [2.05, 4.69) is 15.6 Å². The van der Waals surface area contributed by atoms with Crippen LogP contribution in [0.3, 0.4) is 0 Å². The Kier molecular flexibility index (Phi) is 11.2. The summed E-state index contributed by atoms with van der Waals surface area (Å²) in [6, 6.07) is 9.65. The van der Waals surface area contributed by atoms with Gasteiger partial charge >= 0.3 is 0 Å². The molecule has 1 aromatic rings. The molecule has 2 N–H and O–H groups in total. The van der Waals surface area contributed by atoms with Gasteiger partial charge in [-0.15, -0.1) is 24.0 Å². The summed E-state index contributed by atoms with van der Waals surface area (Å²) in [6.45, 7) is 1.73. The summed E-state index contributed by atoms with van der Waals surface area (Å²) in [6.07, 6.45) is 0.439. The first-order chi connectivity index (χ1) is 10.1. The molecule has 0 atom stereocenters. The molecule has 0 heterocycles. The highest BCUT2D eigenvalue weighted by Crippen LogP contribution is 2.07. The zero-order valence-corrected chi connectivity index (χ0v) is 15.7. The second-order valence-electron chi connectivity index (χ2n) is 4.63. The number of amides is 1. The molecule has 0 aliphatic heterocycles. The average Bonchev–Trinajstić information content (AvgIpc) is 2.50. The normalized spacial score (nSPS) is 10.4. The third-order valence-corrected chi connectivity index (χ3v) is 2.76. The van der Waals surface area contributed by atoms with Crippen molar-refractivity contribution in [3.8, 4) is 5.75 Å². The molecule has 0 aliphatic rings. The molecular weight excluding hydrogens is 395 g/mol. The molecule has 0 spiro atoms. The number of hydrogen-bond donors (Lipinski definition) is 2. The fourth-order valence-corrected chi connectivity index (χ4v) is 1.59. The molecule has 0 aromatic heterocycles. The molecule has 0 radical (unpaired) electrons. The zero-order valence-electron chi connectivity index (χ0n) is 13.3. The largest absolute Gasteiger partial charge is 0.492 e. The van der Waals surface area contributed by atoms with Crippen LogP contribution >= 0.6 is 24.0 Å². The van der Waals surface area contributed by atoms with Crippen molar-refractivity contribution in [3.63, 3.8) is 0 Å². The number of halogens is 1. The first-order valence-electron chi connectivity index (χ1n) is 6.96. The van der Waals surface area contributed by atoms with Gasteiger partial charge in [-0.2, -0.15) is 0 Å². The number of guanidine groups is 1. The molecule has 0 bridgehead atoms. The van der Waals surface area contributed by atoms with Crippen molar-refractivity contribution in [1.82, 2.24) is 15.5 Å². The standard InChI is InChI=1S/C15H24N4O2.HI/c1-16-15(17-10-9-14(20)19(2)3)18-11-12-21-13-7-5-4-6-8-13;/h4-8H,9-12H2,1-3H3,(H2,16,17,18);1H. The highest BCUT2D eigenvalue weighted by Gasteiger charge is 2.04. The fourth-order valence-electron chi connectivity index (χ4n) is 1.59. The van der Waals surface area contributed by atoms with Gasteiger partial charge in [-0.1, -0.05) is 18.2 Å². The third kappa shape index (κ3) is 8.71.